The molecule has 3 heterocycles. The fraction of sp³-hybridized carbons (Fsp3) is 0.250. The number of thioether (sulfide) groups is 1. The summed E-state index contributed by atoms with van der Waals surface area (Å²) in [5.74, 6) is -0.00483. The molecule has 0 atom stereocenters. The third kappa shape index (κ3) is 5.22. The fourth-order valence-corrected chi connectivity index (χ4v) is 4.10. The molecule has 0 unspecified atom stereocenters. The zero-order chi connectivity index (χ0) is 21.1. The molecule has 2 aliphatic heterocycles. The van der Waals surface area contributed by atoms with Gasteiger partial charge in [-0.2, -0.15) is 4.99 Å². The van der Waals surface area contributed by atoms with E-state index in [1.165, 1.54) is 12.1 Å². The third-order valence-corrected chi connectivity index (χ3v) is 5.73. The first-order valence-electron chi connectivity index (χ1n) is 9.39. The summed E-state index contributed by atoms with van der Waals surface area (Å²) in [6.45, 7) is 1.59. The van der Waals surface area contributed by atoms with Crippen LogP contribution in [0.15, 0.2) is 50.7 Å². The first kappa shape index (κ1) is 22.7. The highest BCUT2D eigenvalue weighted by atomic mass is 35.5. The number of carbonyl (C=O) groups is 2. The maximum atomic E-state index is 12.3. The summed E-state index contributed by atoms with van der Waals surface area (Å²) in [5.41, 5.74) is 0.285. The van der Waals surface area contributed by atoms with Gasteiger partial charge in [-0.3, -0.25) is 19.7 Å². The first-order valence-corrected chi connectivity index (χ1v) is 10.2. The molecule has 0 spiro atoms. The number of nitrogens with zero attached hydrogens (tertiary/aromatic N) is 2. The summed E-state index contributed by atoms with van der Waals surface area (Å²) in [5, 5.41) is 17.4. The van der Waals surface area contributed by atoms with Crippen LogP contribution in [0.4, 0.5) is 5.69 Å². The van der Waals surface area contributed by atoms with E-state index in [2.05, 4.69) is 15.6 Å². The van der Waals surface area contributed by atoms with Gasteiger partial charge in [-0.1, -0.05) is 12.1 Å². The Hall–Kier alpha value is -2.95. The average Bonchev–Trinajstić information content (AvgIpc) is 3.35. The van der Waals surface area contributed by atoms with Crippen molar-refractivity contribution in [3.05, 3.63) is 57.2 Å². The number of aliphatic imine (C=N–C) groups is 1. The van der Waals surface area contributed by atoms with E-state index < -0.39 is 10.8 Å². The van der Waals surface area contributed by atoms with Gasteiger partial charge < -0.3 is 15.1 Å². The van der Waals surface area contributed by atoms with Crippen molar-refractivity contribution in [2.75, 3.05) is 13.1 Å². The molecule has 31 heavy (non-hydrogen) atoms. The monoisotopic (exact) mass is 462 g/mol. The molecule has 9 nitrogen and oxygen atoms in total. The van der Waals surface area contributed by atoms with Crippen LogP contribution >= 0.6 is 24.2 Å². The Labute approximate surface area is 187 Å². The summed E-state index contributed by atoms with van der Waals surface area (Å²) in [4.78, 5) is 39.5. The molecule has 2 N–H and O–H groups in total. The van der Waals surface area contributed by atoms with E-state index in [-0.39, 0.29) is 35.1 Å². The van der Waals surface area contributed by atoms with E-state index >= 15 is 0 Å². The van der Waals surface area contributed by atoms with Crippen molar-refractivity contribution >= 4 is 52.9 Å². The Morgan fingerprint density at radius 1 is 1.26 bits per heavy atom. The van der Waals surface area contributed by atoms with Crippen molar-refractivity contribution in [2.24, 2.45) is 10.9 Å². The largest absolute Gasteiger partial charge is 0.456 e. The maximum Gasteiger partial charge on any atom is 0.286 e. The van der Waals surface area contributed by atoms with E-state index in [1.54, 1.807) is 30.3 Å². The number of hydrogen-bond donors (Lipinski definition) is 2. The van der Waals surface area contributed by atoms with Crippen molar-refractivity contribution in [3.63, 3.8) is 0 Å². The molecular formula is C20H19ClN4O5S. The van der Waals surface area contributed by atoms with Gasteiger partial charge in [-0.15, -0.1) is 12.4 Å². The fourth-order valence-electron chi connectivity index (χ4n) is 3.30. The second kappa shape index (κ2) is 9.90. The molecule has 2 amide bonds. The summed E-state index contributed by atoms with van der Waals surface area (Å²) in [7, 11) is 0. The van der Waals surface area contributed by atoms with Gasteiger partial charge >= 0.3 is 0 Å². The minimum absolute atomic E-state index is 0. The van der Waals surface area contributed by atoms with Crippen LogP contribution in [0.25, 0.3) is 17.4 Å². The van der Waals surface area contributed by atoms with E-state index in [4.69, 9.17) is 4.42 Å². The second-order valence-corrected chi connectivity index (χ2v) is 7.85. The lowest BCUT2D eigenvalue weighted by Gasteiger charge is -2.21. The maximum absolute atomic E-state index is 12.3. The summed E-state index contributed by atoms with van der Waals surface area (Å²) in [6.07, 6.45) is 3.01. The number of halogens is 1. The van der Waals surface area contributed by atoms with Crippen molar-refractivity contribution in [1.82, 2.24) is 10.6 Å². The Bertz CT molecular complexity index is 1080. The molecule has 2 aliphatic rings. The van der Waals surface area contributed by atoms with Gasteiger partial charge in [0.05, 0.1) is 15.4 Å². The Kier molecular flexibility index (Phi) is 7.26. The zero-order valence-electron chi connectivity index (χ0n) is 16.2. The third-order valence-electron chi connectivity index (χ3n) is 4.83. The Morgan fingerprint density at radius 3 is 2.74 bits per heavy atom. The first-order chi connectivity index (χ1) is 14.5. The summed E-state index contributed by atoms with van der Waals surface area (Å²) in [6, 6.07) is 9.50. The van der Waals surface area contributed by atoms with E-state index in [9.17, 15) is 19.7 Å². The normalized spacial score (nSPS) is 17.9. The predicted octanol–water partition coefficient (Wildman–Crippen LogP) is 3.36. The number of para-hydroxylation sites is 1. The number of nitrogens with one attached hydrogen (secondary N) is 2. The number of nitro benzene ring substituents is 1. The van der Waals surface area contributed by atoms with Gasteiger partial charge in [0.2, 0.25) is 5.91 Å². The van der Waals surface area contributed by atoms with Gasteiger partial charge in [0.1, 0.15) is 11.5 Å². The number of furan rings is 1. The van der Waals surface area contributed by atoms with Crippen LogP contribution < -0.4 is 10.6 Å². The van der Waals surface area contributed by atoms with Crippen LogP contribution in [0.1, 0.15) is 18.6 Å². The van der Waals surface area contributed by atoms with Crippen LogP contribution in [0, 0.1) is 16.0 Å². The number of amidine groups is 1. The number of rotatable bonds is 4. The van der Waals surface area contributed by atoms with Crippen molar-refractivity contribution in [3.8, 4) is 11.3 Å². The molecular weight excluding hydrogens is 444 g/mol. The van der Waals surface area contributed by atoms with Gasteiger partial charge in [0.15, 0.2) is 5.17 Å². The number of nitro groups is 1. The lowest BCUT2D eigenvalue weighted by atomic mass is 9.97. The number of carbonyl (C=O) groups excluding carboxylic acids is 2. The van der Waals surface area contributed by atoms with Crippen LogP contribution in [-0.4, -0.2) is 35.0 Å². The van der Waals surface area contributed by atoms with Crippen LogP contribution in [-0.2, 0) is 9.59 Å². The highest BCUT2D eigenvalue weighted by Crippen LogP contribution is 2.33. The minimum atomic E-state index is -0.475. The van der Waals surface area contributed by atoms with E-state index in [1.807, 2.05) is 0 Å². The lowest BCUT2D eigenvalue weighted by Crippen LogP contribution is -2.39. The lowest BCUT2D eigenvalue weighted by molar-refractivity contribution is -0.384. The van der Waals surface area contributed by atoms with E-state index in [0.29, 0.717) is 22.0 Å². The molecule has 162 valence electrons. The summed E-state index contributed by atoms with van der Waals surface area (Å²) >= 11 is 1.06. The second-order valence-electron chi connectivity index (χ2n) is 6.82. The number of benzene rings is 1. The highest BCUT2D eigenvalue weighted by Gasteiger charge is 2.27. The molecule has 1 aromatic carbocycles. The minimum Gasteiger partial charge on any atom is -0.456 e. The quantitative estimate of drug-likeness (QED) is 0.405. The molecule has 0 radical (unpaired) electrons. The van der Waals surface area contributed by atoms with Crippen LogP contribution in [0.5, 0.6) is 0 Å². The van der Waals surface area contributed by atoms with Gasteiger partial charge in [0.25, 0.3) is 11.6 Å². The molecule has 4 rings (SSSR count). The SMILES string of the molecule is Cl.O=C1N=C(NC(=O)C2CCNCC2)S/C1=C\c1ccc(-c2ccccc2[N+](=O)[O-])o1. The average molecular weight is 463 g/mol. The van der Waals surface area contributed by atoms with Crippen LogP contribution in [0.3, 0.4) is 0 Å². The molecule has 1 saturated heterocycles. The highest BCUT2D eigenvalue weighted by molar-refractivity contribution is 8.18. The van der Waals surface area contributed by atoms with Gasteiger partial charge in [-0.05, 0) is 55.9 Å². The van der Waals surface area contributed by atoms with Crippen molar-refractivity contribution in [2.45, 2.75) is 12.8 Å². The van der Waals surface area contributed by atoms with Crippen LogP contribution in [0.2, 0.25) is 0 Å². The number of piperidine rings is 1. The molecule has 2 aromatic rings. The van der Waals surface area contributed by atoms with Crippen molar-refractivity contribution in [1.29, 1.82) is 0 Å². The molecule has 0 bridgehead atoms. The Balaban J connectivity index is 0.00000272. The molecule has 11 heteroatoms. The number of amides is 2. The standard InChI is InChI=1S/C20H18N4O5S.ClH/c25-18(12-7-9-21-10-8-12)22-20-23-19(26)17(30-20)11-13-5-6-16(29-13)14-3-1-2-4-15(14)24(27)28;/h1-6,11-12,21H,7-10H2,(H,22,23,25,26);1H/b17-11-;. The number of hydrogen-bond acceptors (Lipinski definition) is 7. The topological polar surface area (TPSA) is 127 Å². The van der Waals surface area contributed by atoms with E-state index in [0.717, 1.165) is 37.7 Å². The molecule has 1 aromatic heterocycles. The summed E-state index contributed by atoms with van der Waals surface area (Å²) < 4.78 is 5.69. The van der Waals surface area contributed by atoms with Crippen molar-refractivity contribution < 1.29 is 18.9 Å². The molecule has 0 saturated carbocycles. The molecule has 1 fully saturated rings. The molecule has 0 aliphatic carbocycles. The predicted molar refractivity (Wildman–Crippen MR) is 120 cm³/mol. The zero-order valence-corrected chi connectivity index (χ0v) is 17.8. The van der Waals surface area contributed by atoms with Gasteiger partial charge in [-0.25, -0.2) is 0 Å². The van der Waals surface area contributed by atoms with Gasteiger partial charge in [0, 0.05) is 18.1 Å². The smallest absolute Gasteiger partial charge is 0.286 e. The Morgan fingerprint density at radius 2 is 2.00 bits per heavy atom.